The number of fused-ring (bicyclic) bond motifs is 1. The molecule has 27 heavy (non-hydrogen) atoms. The number of amides is 2. The summed E-state index contributed by atoms with van der Waals surface area (Å²) in [6, 6.07) is 5.74. The number of alkyl carbamates (subject to hydrolysis) is 1. The van der Waals surface area contributed by atoms with Crippen LogP contribution in [-0.4, -0.2) is 41.8 Å². The number of carbonyl (C=O) groups excluding carboxylic acids is 4. The monoisotopic (exact) mass is 372 g/mol. The highest BCUT2D eigenvalue weighted by Gasteiger charge is 2.30. The smallest absolute Gasteiger partial charge is 0.408 e. The van der Waals surface area contributed by atoms with Crippen LogP contribution in [-0.2, 0) is 9.53 Å². The van der Waals surface area contributed by atoms with E-state index in [2.05, 4.69) is 10.6 Å². The molecule has 0 bridgehead atoms. The van der Waals surface area contributed by atoms with Crippen LogP contribution in [0.2, 0.25) is 0 Å². The average Bonchev–Trinajstić information content (AvgIpc) is 2.57. The van der Waals surface area contributed by atoms with Crippen LogP contribution < -0.4 is 10.6 Å². The molecule has 0 spiro atoms. The molecule has 0 aliphatic heterocycles. The van der Waals surface area contributed by atoms with Gasteiger partial charge in [-0.2, -0.15) is 0 Å². The lowest BCUT2D eigenvalue weighted by Crippen LogP contribution is -2.47. The minimum atomic E-state index is -0.859. The molecule has 1 atom stereocenters. The Hall–Kier alpha value is -2.96. The van der Waals surface area contributed by atoms with E-state index in [-0.39, 0.29) is 23.7 Å². The van der Waals surface area contributed by atoms with Crippen LogP contribution in [0.4, 0.5) is 4.79 Å². The van der Waals surface area contributed by atoms with E-state index in [1.54, 1.807) is 52.0 Å². The second-order valence-corrected chi connectivity index (χ2v) is 7.39. The quantitative estimate of drug-likeness (QED) is 0.845. The lowest BCUT2D eigenvalue weighted by Gasteiger charge is -2.22. The van der Waals surface area contributed by atoms with Crippen molar-refractivity contribution in [3.8, 4) is 0 Å². The number of rotatable bonds is 4. The molecule has 0 heterocycles. The molecule has 1 aliphatic carbocycles. The predicted octanol–water partition coefficient (Wildman–Crippen LogP) is 2.41. The summed E-state index contributed by atoms with van der Waals surface area (Å²) >= 11 is 0. The Kier molecular flexibility index (Phi) is 5.83. The number of benzene rings is 1. The predicted molar refractivity (Wildman–Crippen MR) is 99.6 cm³/mol. The van der Waals surface area contributed by atoms with Crippen molar-refractivity contribution in [2.45, 2.75) is 46.3 Å². The molecule has 0 radical (unpaired) electrons. The molecule has 1 aromatic rings. The third kappa shape index (κ3) is 4.81. The van der Waals surface area contributed by atoms with Gasteiger partial charge in [-0.15, -0.1) is 0 Å². The number of nitrogens with one attached hydrogen (secondary N) is 2. The van der Waals surface area contributed by atoms with Gasteiger partial charge < -0.3 is 15.4 Å². The topological polar surface area (TPSA) is 102 Å². The van der Waals surface area contributed by atoms with Gasteiger partial charge in [0.05, 0.1) is 0 Å². The van der Waals surface area contributed by atoms with Gasteiger partial charge in [-0.1, -0.05) is 24.3 Å². The van der Waals surface area contributed by atoms with Gasteiger partial charge in [0.15, 0.2) is 11.6 Å². The maximum Gasteiger partial charge on any atom is 0.408 e. The third-order valence-corrected chi connectivity index (χ3v) is 4.05. The molecule has 144 valence electrons. The number of hydrogen-bond acceptors (Lipinski definition) is 5. The van der Waals surface area contributed by atoms with Crippen molar-refractivity contribution >= 4 is 23.6 Å². The minimum absolute atomic E-state index is 0.0933. The normalized spacial score (nSPS) is 15.1. The zero-order valence-corrected chi connectivity index (χ0v) is 16.1. The van der Waals surface area contributed by atoms with Gasteiger partial charge in [0.25, 0.3) is 0 Å². The largest absolute Gasteiger partial charge is 0.444 e. The fourth-order valence-electron chi connectivity index (χ4n) is 2.64. The van der Waals surface area contributed by atoms with Crippen LogP contribution in [0.3, 0.4) is 0 Å². The molecule has 2 amide bonds. The van der Waals surface area contributed by atoms with Crippen molar-refractivity contribution in [3.05, 3.63) is 46.5 Å². The molecule has 1 aliphatic rings. The first-order chi connectivity index (χ1) is 12.5. The Bertz CT molecular complexity index is 833. The summed E-state index contributed by atoms with van der Waals surface area (Å²) in [6.45, 7) is 8.13. The molecule has 2 N–H and O–H groups in total. The van der Waals surface area contributed by atoms with Crippen LogP contribution in [0.15, 0.2) is 35.4 Å². The molecule has 7 heteroatoms. The lowest BCUT2D eigenvalue weighted by atomic mass is 9.84. The van der Waals surface area contributed by atoms with Crippen LogP contribution >= 0.6 is 0 Å². The van der Waals surface area contributed by atoms with E-state index >= 15 is 0 Å². The van der Waals surface area contributed by atoms with Crippen molar-refractivity contribution in [2.24, 2.45) is 0 Å². The van der Waals surface area contributed by atoms with Crippen LogP contribution in [0.25, 0.3) is 0 Å². The number of carbonyl (C=O) groups is 4. The Morgan fingerprint density at radius 2 is 1.63 bits per heavy atom. The molecule has 0 aromatic heterocycles. The van der Waals surface area contributed by atoms with Gasteiger partial charge in [-0.25, -0.2) is 4.79 Å². The third-order valence-electron chi connectivity index (χ3n) is 4.05. The molecule has 0 unspecified atom stereocenters. The first kappa shape index (κ1) is 20.4. The number of hydrogen-bond donors (Lipinski definition) is 2. The van der Waals surface area contributed by atoms with Gasteiger partial charge in [0, 0.05) is 28.8 Å². The second kappa shape index (κ2) is 7.73. The fourth-order valence-corrected chi connectivity index (χ4v) is 2.64. The van der Waals surface area contributed by atoms with E-state index in [0.29, 0.717) is 16.7 Å². The van der Waals surface area contributed by atoms with E-state index in [1.807, 2.05) is 0 Å². The van der Waals surface area contributed by atoms with Crippen molar-refractivity contribution < 1.29 is 23.9 Å². The Labute approximate surface area is 158 Å². The van der Waals surface area contributed by atoms with Gasteiger partial charge in [0.2, 0.25) is 5.91 Å². The summed E-state index contributed by atoms with van der Waals surface area (Å²) in [4.78, 5) is 49.0. The number of allylic oxidation sites excluding steroid dienone is 1. The van der Waals surface area contributed by atoms with Crippen LogP contribution in [0.5, 0.6) is 0 Å². The average molecular weight is 372 g/mol. The molecule has 7 nitrogen and oxygen atoms in total. The molecule has 0 saturated carbocycles. The zero-order valence-electron chi connectivity index (χ0n) is 16.1. The van der Waals surface area contributed by atoms with E-state index in [4.69, 9.17) is 4.74 Å². The maximum atomic E-state index is 12.6. The van der Waals surface area contributed by atoms with Gasteiger partial charge in [0.1, 0.15) is 11.6 Å². The standard InChI is InChI=1S/C20H24N2O5/c1-11-15(17(24)14-9-7-6-8-13(14)16(11)23)10-21-18(25)12(2)22-19(26)27-20(3,4)5/h6-9,12H,10H2,1-5H3,(H,21,25)(H,22,26)/t12-/m0/s1. The Morgan fingerprint density at radius 3 is 2.19 bits per heavy atom. The van der Waals surface area contributed by atoms with Crippen molar-refractivity contribution in [2.75, 3.05) is 6.54 Å². The van der Waals surface area contributed by atoms with E-state index in [1.165, 1.54) is 6.92 Å². The summed E-state index contributed by atoms with van der Waals surface area (Å²) in [5.41, 5.74) is 0.584. The van der Waals surface area contributed by atoms with Crippen molar-refractivity contribution in [3.63, 3.8) is 0 Å². The Balaban J connectivity index is 2.02. The summed E-state index contributed by atoms with van der Waals surface area (Å²) in [7, 11) is 0. The van der Waals surface area contributed by atoms with E-state index in [0.717, 1.165) is 0 Å². The Morgan fingerprint density at radius 1 is 1.07 bits per heavy atom. The number of Topliss-reactive ketones (excluding diaryl/α,β-unsaturated/α-hetero) is 2. The van der Waals surface area contributed by atoms with Gasteiger partial charge >= 0.3 is 6.09 Å². The van der Waals surface area contributed by atoms with Crippen LogP contribution in [0, 0.1) is 0 Å². The lowest BCUT2D eigenvalue weighted by molar-refractivity contribution is -0.122. The zero-order chi connectivity index (χ0) is 20.4. The SMILES string of the molecule is CC1=C(CNC(=O)[C@H](C)NC(=O)OC(C)(C)C)C(=O)c2ccccc2C1=O. The number of ether oxygens (including phenoxy) is 1. The van der Waals surface area contributed by atoms with Crippen LogP contribution in [0.1, 0.15) is 55.3 Å². The van der Waals surface area contributed by atoms with Gasteiger partial charge in [-0.3, -0.25) is 14.4 Å². The summed E-state index contributed by atoms with van der Waals surface area (Å²) < 4.78 is 5.10. The maximum absolute atomic E-state index is 12.6. The minimum Gasteiger partial charge on any atom is -0.444 e. The van der Waals surface area contributed by atoms with E-state index in [9.17, 15) is 19.2 Å². The molecule has 0 saturated heterocycles. The van der Waals surface area contributed by atoms with Crippen molar-refractivity contribution in [1.29, 1.82) is 0 Å². The molecule has 2 rings (SSSR count). The first-order valence-electron chi connectivity index (χ1n) is 8.66. The van der Waals surface area contributed by atoms with E-state index < -0.39 is 23.6 Å². The highest BCUT2D eigenvalue weighted by atomic mass is 16.6. The molecular formula is C20H24N2O5. The number of ketones is 2. The first-order valence-corrected chi connectivity index (χ1v) is 8.66. The molecular weight excluding hydrogens is 348 g/mol. The highest BCUT2D eigenvalue weighted by Crippen LogP contribution is 2.25. The van der Waals surface area contributed by atoms with Gasteiger partial charge in [-0.05, 0) is 34.6 Å². The second-order valence-electron chi connectivity index (χ2n) is 7.39. The summed E-state index contributed by atoms with van der Waals surface area (Å²) in [6.07, 6.45) is -0.710. The fraction of sp³-hybridized carbons (Fsp3) is 0.400. The molecule has 1 aromatic carbocycles. The van der Waals surface area contributed by atoms with Crippen molar-refractivity contribution in [1.82, 2.24) is 10.6 Å². The highest BCUT2D eigenvalue weighted by molar-refractivity contribution is 6.26. The summed E-state index contributed by atoms with van der Waals surface area (Å²) in [5, 5.41) is 5.02. The summed E-state index contributed by atoms with van der Waals surface area (Å²) in [5.74, 6) is -0.995. The molecule has 0 fully saturated rings.